The van der Waals surface area contributed by atoms with E-state index in [-0.39, 0.29) is 16.6 Å². The lowest BCUT2D eigenvalue weighted by molar-refractivity contribution is -0.123. The van der Waals surface area contributed by atoms with Crippen LogP contribution in [-0.2, 0) is 21.2 Å². The van der Waals surface area contributed by atoms with Crippen molar-refractivity contribution in [2.45, 2.75) is 30.6 Å². The first kappa shape index (κ1) is 20.6. The maximum atomic E-state index is 12.9. The summed E-state index contributed by atoms with van der Waals surface area (Å²) in [7, 11) is -3.56. The quantitative estimate of drug-likeness (QED) is 0.578. The van der Waals surface area contributed by atoms with Crippen molar-refractivity contribution < 1.29 is 13.2 Å². The number of ketones is 1. The summed E-state index contributed by atoms with van der Waals surface area (Å²) >= 11 is 6.66. The number of pyridine rings is 1. The number of piperidine rings is 1. The Morgan fingerprint density at radius 1 is 1.11 bits per heavy atom. The highest BCUT2D eigenvalue weighted by Crippen LogP contribution is 2.29. The van der Waals surface area contributed by atoms with Crippen molar-refractivity contribution in [1.29, 1.82) is 0 Å². The third kappa shape index (κ3) is 5.25. The smallest absolute Gasteiger partial charge is 0.243 e. The third-order valence-corrected chi connectivity index (χ3v) is 7.53. The number of aryl methyl sites for hydroxylation is 1. The Balaban J connectivity index is 1.58. The summed E-state index contributed by atoms with van der Waals surface area (Å²) in [6.07, 6.45) is 3.94. The van der Waals surface area contributed by atoms with Crippen molar-refractivity contribution in [2.75, 3.05) is 13.1 Å². The number of sulfonamides is 1. The Morgan fingerprint density at radius 2 is 1.78 bits per heavy atom. The molecule has 1 fully saturated rings. The van der Waals surface area contributed by atoms with Crippen molar-refractivity contribution in [3.63, 3.8) is 0 Å². The van der Waals surface area contributed by atoms with Crippen molar-refractivity contribution >= 4 is 47.7 Å². The van der Waals surface area contributed by atoms with Gasteiger partial charge in [0.15, 0.2) is 0 Å². The first-order valence-corrected chi connectivity index (χ1v) is 11.8. The van der Waals surface area contributed by atoms with Crippen molar-refractivity contribution in [3.8, 4) is 0 Å². The van der Waals surface area contributed by atoms with E-state index in [0.29, 0.717) is 47.7 Å². The summed E-state index contributed by atoms with van der Waals surface area (Å²) in [6, 6.07) is 10.7. The zero-order valence-electron chi connectivity index (χ0n) is 14.6. The van der Waals surface area contributed by atoms with Gasteiger partial charge in [0, 0.05) is 46.3 Å². The molecule has 0 aliphatic carbocycles. The molecule has 0 spiro atoms. The Morgan fingerprint density at radius 3 is 2.37 bits per heavy atom. The fourth-order valence-electron chi connectivity index (χ4n) is 3.25. The molecule has 0 atom stereocenters. The van der Waals surface area contributed by atoms with Crippen molar-refractivity contribution in [1.82, 2.24) is 9.29 Å². The predicted molar refractivity (Wildman–Crippen MR) is 111 cm³/mol. The fraction of sp³-hybridized carbons (Fsp3) is 0.368. The van der Waals surface area contributed by atoms with E-state index in [1.54, 1.807) is 24.4 Å². The minimum absolute atomic E-state index is 0.0746. The van der Waals surface area contributed by atoms with Crippen LogP contribution in [0.4, 0.5) is 0 Å². The monoisotopic (exact) mass is 514 g/mol. The molecule has 3 rings (SSSR count). The molecule has 5 nitrogen and oxygen atoms in total. The van der Waals surface area contributed by atoms with Gasteiger partial charge in [0.25, 0.3) is 0 Å². The topological polar surface area (TPSA) is 67.3 Å². The summed E-state index contributed by atoms with van der Waals surface area (Å²) in [4.78, 5) is 17.0. The fourth-order valence-corrected chi connectivity index (χ4v) is 6.38. The molecule has 0 saturated carbocycles. The normalized spacial score (nSPS) is 16.4. The maximum Gasteiger partial charge on any atom is 0.243 e. The molecular formula is C19H20Br2N2O3S. The van der Waals surface area contributed by atoms with Gasteiger partial charge in [-0.1, -0.05) is 37.9 Å². The number of hydrogen-bond donors (Lipinski definition) is 0. The summed E-state index contributed by atoms with van der Waals surface area (Å²) in [5.41, 5.74) is 0.908. The minimum Gasteiger partial charge on any atom is -0.299 e. The Hall–Kier alpha value is -1.09. The number of rotatable bonds is 6. The highest BCUT2D eigenvalue weighted by Gasteiger charge is 2.32. The minimum atomic E-state index is -3.56. The van der Waals surface area contributed by atoms with Gasteiger partial charge in [0.05, 0.1) is 4.90 Å². The van der Waals surface area contributed by atoms with Crippen LogP contribution in [-0.4, -0.2) is 36.6 Å². The predicted octanol–water partition coefficient (Wildman–Crippen LogP) is 4.21. The Kier molecular flexibility index (Phi) is 6.83. The Labute approximate surface area is 176 Å². The van der Waals surface area contributed by atoms with Crippen LogP contribution >= 0.6 is 31.9 Å². The molecule has 0 N–H and O–H groups in total. The third-order valence-electron chi connectivity index (χ3n) is 4.74. The van der Waals surface area contributed by atoms with Gasteiger partial charge in [-0.2, -0.15) is 4.31 Å². The van der Waals surface area contributed by atoms with Crippen LogP contribution in [0.5, 0.6) is 0 Å². The van der Waals surface area contributed by atoms with Gasteiger partial charge in [-0.05, 0) is 49.6 Å². The molecule has 8 heteroatoms. The number of benzene rings is 1. The molecule has 1 aromatic carbocycles. The van der Waals surface area contributed by atoms with Crippen LogP contribution < -0.4 is 0 Å². The number of halogens is 2. The van der Waals surface area contributed by atoms with Crippen LogP contribution in [0.25, 0.3) is 0 Å². The van der Waals surface area contributed by atoms with E-state index in [1.165, 1.54) is 4.31 Å². The molecule has 2 aromatic rings. The van der Waals surface area contributed by atoms with E-state index < -0.39 is 10.0 Å². The van der Waals surface area contributed by atoms with Gasteiger partial charge in [0.1, 0.15) is 5.78 Å². The molecule has 144 valence electrons. The van der Waals surface area contributed by atoms with Gasteiger partial charge in [-0.3, -0.25) is 9.78 Å². The van der Waals surface area contributed by atoms with Gasteiger partial charge in [-0.15, -0.1) is 0 Å². The van der Waals surface area contributed by atoms with Crippen LogP contribution in [0.1, 0.15) is 25.0 Å². The lowest BCUT2D eigenvalue weighted by atomic mass is 9.91. The molecule has 27 heavy (non-hydrogen) atoms. The van der Waals surface area contributed by atoms with E-state index in [2.05, 4.69) is 36.8 Å². The number of nitrogens with zero attached hydrogens (tertiary/aromatic N) is 2. The number of Topliss-reactive ketones (excluding diaryl/α,β-unsaturated/α-hetero) is 1. The summed E-state index contributed by atoms with van der Waals surface area (Å²) in [6.45, 7) is 0.735. The molecule has 0 radical (unpaired) electrons. The first-order valence-electron chi connectivity index (χ1n) is 8.75. The summed E-state index contributed by atoms with van der Waals surface area (Å²) < 4.78 is 28.6. The number of aromatic nitrogens is 1. The van der Waals surface area contributed by atoms with Crippen LogP contribution in [0.2, 0.25) is 0 Å². The second kappa shape index (κ2) is 8.94. The molecular weight excluding hydrogens is 496 g/mol. The van der Waals surface area contributed by atoms with E-state index in [0.717, 1.165) is 5.69 Å². The second-order valence-electron chi connectivity index (χ2n) is 6.57. The molecule has 1 aliphatic heterocycles. The molecule has 0 bridgehead atoms. The highest BCUT2D eigenvalue weighted by atomic mass is 79.9. The van der Waals surface area contributed by atoms with Crippen molar-refractivity contribution in [2.24, 2.45) is 5.92 Å². The van der Waals surface area contributed by atoms with E-state index >= 15 is 0 Å². The maximum absolute atomic E-state index is 12.9. The molecule has 0 amide bonds. The second-order valence-corrected chi connectivity index (χ2v) is 10.3. The van der Waals surface area contributed by atoms with Crippen molar-refractivity contribution in [3.05, 3.63) is 57.2 Å². The zero-order valence-corrected chi connectivity index (χ0v) is 18.6. The van der Waals surface area contributed by atoms with Crippen LogP contribution in [0, 0.1) is 5.92 Å². The highest BCUT2D eigenvalue weighted by molar-refractivity contribution is 9.11. The van der Waals surface area contributed by atoms with Crippen LogP contribution in [0.15, 0.2) is 56.4 Å². The largest absolute Gasteiger partial charge is 0.299 e. The Bertz CT molecular complexity index is 892. The summed E-state index contributed by atoms with van der Waals surface area (Å²) in [5, 5.41) is 0. The summed E-state index contributed by atoms with van der Waals surface area (Å²) in [5.74, 6) is 0.123. The van der Waals surface area contributed by atoms with Gasteiger partial charge in [-0.25, -0.2) is 8.42 Å². The lowest BCUT2D eigenvalue weighted by Crippen LogP contribution is -2.40. The zero-order chi connectivity index (χ0) is 19.4. The molecule has 2 heterocycles. The van der Waals surface area contributed by atoms with Gasteiger partial charge in [0.2, 0.25) is 10.0 Å². The van der Waals surface area contributed by atoms with Gasteiger partial charge < -0.3 is 0 Å². The number of carbonyl (C=O) groups excluding carboxylic acids is 1. The van der Waals surface area contributed by atoms with E-state index in [1.807, 2.05) is 18.2 Å². The average Bonchev–Trinajstić information content (AvgIpc) is 2.66. The SMILES string of the molecule is O=C(CCc1ccccn1)C1CCN(S(=O)(=O)c2cc(Br)cc(Br)c2)CC1. The molecule has 1 aliphatic rings. The lowest BCUT2D eigenvalue weighted by Gasteiger charge is -2.30. The van der Waals surface area contributed by atoms with E-state index in [4.69, 9.17) is 0 Å². The van der Waals surface area contributed by atoms with Gasteiger partial charge >= 0.3 is 0 Å². The molecule has 1 saturated heterocycles. The average molecular weight is 516 g/mol. The number of carbonyl (C=O) groups is 1. The van der Waals surface area contributed by atoms with Crippen LogP contribution in [0.3, 0.4) is 0 Å². The molecule has 0 unspecified atom stereocenters. The number of hydrogen-bond acceptors (Lipinski definition) is 4. The molecule has 1 aromatic heterocycles. The standard InChI is InChI=1S/C19H20Br2N2O3S/c20-15-11-16(21)13-18(12-15)27(25,26)23-9-6-14(7-10-23)19(24)5-4-17-3-1-2-8-22-17/h1-3,8,11-14H,4-7,9-10H2. The first-order chi connectivity index (χ1) is 12.9. The van der Waals surface area contributed by atoms with E-state index in [9.17, 15) is 13.2 Å².